The predicted octanol–water partition coefficient (Wildman–Crippen LogP) is 2.46. The molecule has 0 aliphatic carbocycles. The van der Waals surface area contributed by atoms with Gasteiger partial charge in [-0.05, 0) is 30.3 Å². The first kappa shape index (κ1) is 20.2. The van der Waals surface area contributed by atoms with Crippen LogP contribution in [0.3, 0.4) is 0 Å². The van der Waals surface area contributed by atoms with Crippen LogP contribution >= 0.6 is 11.3 Å². The van der Waals surface area contributed by atoms with E-state index in [0.717, 1.165) is 59.0 Å². The molecule has 31 heavy (non-hydrogen) atoms. The van der Waals surface area contributed by atoms with E-state index < -0.39 is 10.0 Å². The normalized spacial score (nSPS) is 15.5. The minimum absolute atomic E-state index is 0.0240. The summed E-state index contributed by atoms with van der Waals surface area (Å²) >= 11 is 1.63. The molecule has 1 aliphatic rings. The molecule has 0 saturated carbocycles. The fraction of sp³-hybridized carbons (Fsp3) is 0.250. The number of benzene rings is 2. The standard InChI is InChI=1S/C20H20N6O3S2/c21-31(27,28)15-3-1-2-14(10-15)23-20-22-11-13-4-5-16-19(18(13)25-20)30-17(24-16)12-26-6-8-29-9-7-26/h1-5,10-11H,6-9,12H2,(H2,21,27,28)(H,22,23,25). The number of morpholine rings is 1. The fourth-order valence-electron chi connectivity index (χ4n) is 3.48. The van der Waals surface area contributed by atoms with E-state index in [0.29, 0.717) is 11.6 Å². The molecule has 1 aliphatic heterocycles. The van der Waals surface area contributed by atoms with Gasteiger partial charge in [-0.15, -0.1) is 11.3 Å². The van der Waals surface area contributed by atoms with Crippen molar-refractivity contribution >= 4 is 54.1 Å². The van der Waals surface area contributed by atoms with Gasteiger partial charge in [0.05, 0.1) is 40.4 Å². The molecule has 0 unspecified atom stereocenters. The Kier molecular flexibility index (Phi) is 5.28. The maximum absolute atomic E-state index is 11.6. The number of sulfonamides is 1. The zero-order valence-corrected chi connectivity index (χ0v) is 18.1. The summed E-state index contributed by atoms with van der Waals surface area (Å²) in [5.74, 6) is 0.370. The monoisotopic (exact) mass is 456 g/mol. The lowest BCUT2D eigenvalue weighted by molar-refractivity contribution is 0.0342. The Morgan fingerprint density at radius 3 is 2.81 bits per heavy atom. The molecule has 3 heterocycles. The Morgan fingerprint density at radius 2 is 2.00 bits per heavy atom. The fourth-order valence-corrected chi connectivity index (χ4v) is 5.15. The minimum Gasteiger partial charge on any atom is -0.379 e. The van der Waals surface area contributed by atoms with E-state index >= 15 is 0 Å². The van der Waals surface area contributed by atoms with Crippen molar-refractivity contribution in [1.82, 2.24) is 19.9 Å². The van der Waals surface area contributed by atoms with E-state index in [2.05, 4.69) is 20.2 Å². The van der Waals surface area contributed by atoms with Gasteiger partial charge in [0, 0.05) is 30.4 Å². The van der Waals surface area contributed by atoms with E-state index in [4.69, 9.17) is 14.9 Å². The number of nitrogens with one attached hydrogen (secondary N) is 1. The van der Waals surface area contributed by atoms with Crippen molar-refractivity contribution in [2.75, 3.05) is 31.6 Å². The molecule has 1 saturated heterocycles. The summed E-state index contributed by atoms with van der Waals surface area (Å²) in [6.45, 7) is 4.11. The molecule has 5 rings (SSSR count). The lowest BCUT2D eigenvalue weighted by Gasteiger charge is -2.25. The summed E-state index contributed by atoms with van der Waals surface area (Å²) < 4.78 is 29.6. The van der Waals surface area contributed by atoms with Crippen LogP contribution in [-0.2, 0) is 21.3 Å². The Balaban J connectivity index is 1.47. The Bertz CT molecular complexity index is 1370. The number of hydrogen-bond acceptors (Lipinski definition) is 9. The lowest BCUT2D eigenvalue weighted by Crippen LogP contribution is -2.35. The van der Waals surface area contributed by atoms with Crippen LogP contribution in [0.4, 0.5) is 11.6 Å². The highest BCUT2D eigenvalue weighted by Crippen LogP contribution is 2.30. The van der Waals surface area contributed by atoms with Gasteiger partial charge in [0.25, 0.3) is 0 Å². The first-order valence-electron chi connectivity index (χ1n) is 9.71. The quantitative estimate of drug-likeness (QED) is 0.469. The molecule has 2 aromatic carbocycles. The summed E-state index contributed by atoms with van der Waals surface area (Å²) in [7, 11) is -3.79. The van der Waals surface area contributed by atoms with Crippen molar-refractivity contribution in [3.05, 3.63) is 47.6 Å². The largest absolute Gasteiger partial charge is 0.379 e. The van der Waals surface area contributed by atoms with Crippen LogP contribution in [0.2, 0.25) is 0 Å². The summed E-state index contributed by atoms with van der Waals surface area (Å²) in [5, 5.41) is 10.2. The highest BCUT2D eigenvalue weighted by molar-refractivity contribution is 7.89. The molecule has 9 nitrogen and oxygen atoms in total. The summed E-state index contributed by atoms with van der Waals surface area (Å²) in [4.78, 5) is 16.2. The minimum atomic E-state index is -3.79. The molecule has 0 bridgehead atoms. The second-order valence-electron chi connectivity index (χ2n) is 7.24. The first-order valence-corrected chi connectivity index (χ1v) is 12.1. The van der Waals surface area contributed by atoms with E-state index in [1.165, 1.54) is 12.1 Å². The molecule has 0 atom stereocenters. The maximum atomic E-state index is 11.6. The number of anilines is 2. The molecule has 1 fully saturated rings. The average molecular weight is 457 g/mol. The molecule has 0 radical (unpaired) electrons. The third-order valence-corrected chi connectivity index (χ3v) is 7.01. The van der Waals surface area contributed by atoms with Gasteiger partial charge in [-0.3, -0.25) is 4.90 Å². The van der Waals surface area contributed by atoms with Crippen LogP contribution in [0.15, 0.2) is 47.5 Å². The second-order valence-corrected chi connectivity index (χ2v) is 9.88. The van der Waals surface area contributed by atoms with Crippen molar-refractivity contribution in [2.24, 2.45) is 5.14 Å². The Labute approximate surface area is 182 Å². The van der Waals surface area contributed by atoms with Crippen LogP contribution in [-0.4, -0.2) is 54.6 Å². The van der Waals surface area contributed by atoms with Crippen molar-refractivity contribution in [2.45, 2.75) is 11.4 Å². The Morgan fingerprint density at radius 1 is 1.16 bits per heavy atom. The lowest BCUT2D eigenvalue weighted by atomic mass is 10.2. The van der Waals surface area contributed by atoms with Crippen LogP contribution in [0.1, 0.15) is 5.01 Å². The van der Waals surface area contributed by atoms with Gasteiger partial charge in [0.1, 0.15) is 5.01 Å². The van der Waals surface area contributed by atoms with Crippen LogP contribution in [0.5, 0.6) is 0 Å². The van der Waals surface area contributed by atoms with Crippen molar-refractivity contribution < 1.29 is 13.2 Å². The number of fused-ring (bicyclic) bond motifs is 3. The smallest absolute Gasteiger partial charge is 0.238 e. The highest BCUT2D eigenvalue weighted by Gasteiger charge is 2.15. The van der Waals surface area contributed by atoms with E-state index in [-0.39, 0.29) is 4.90 Å². The molecule has 11 heteroatoms. The number of thiazole rings is 1. The van der Waals surface area contributed by atoms with Gasteiger partial charge < -0.3 is 10.1 Å². The SMILES string of the molecule is NS(=O)(=O)c1cccc(Nc2ncc3ccc4nc(CN5CCOCC5)sc4c3n2)c1. The zero-order valence-electron chi connectivity index (χ0n) is 16.5. The van der Waals surface area contributed by atoms with Gasteiger partial charge in [0.2, 0.25) is 16.0 Å². The molecule has 4 aromatic rings. The zero-order chi connectivity index (χ0) is 21.4. The van der Waals surface area contributed by atoms with Gasteiger partial charge >= 0.3 is 0 Å². The predicted molar refractivity (Wildman–Crippen MR) is 120 cm³/mol. The maximum Gasteiger partial charge on any atom is 0.238 e. The molecular weight excluding hydrogens is 436 g/mol. The topological polar surface area (TPSA) is 123 Å². The van der Waals surface area contributed by atoms with Crippen molar-refractivity contribution in [3.8, 4) is 0 Å². The van der Waals surface area contributed by atoms with E-state index in [1.54, 1.807) is 29.7 Å². The number of nitrogens with two attached hydrogens (primary N) is 1. The number of nitrogens with zero attached hydrogens (tertiary/aromatic N) is 4. The number of aromatic nitrogens is 3. The molecule has 0 spiro atoms. The molecule has 3 N–H and O–H groups in total. The molecule has 2 aromatic heterocycles. The highest BCUT2D eigenvalue weighted by atomic mass is 32.2. The van der Waals surface area contributed by atoms with E-state index in [9.17, 15) is 8.42 Å². The molecule has 160 valence electrons. The Hall–Kier alpha value is -2.70. The average Bonchev–Trinajstić information content (AvgIpc) is 3.17. The van der Waals surface area contributed by atoms with E-state index in [1.807, 2.05) is 12.1 Å². The van der Waals surface area contributed by atoms with Gasteiger partial charge in [-0.25, -0.2) is 28.5 Å². The third-order valence-electron chi connectivity index (χ3n) is 5.03. The first-order chi connectivity index (χ1) is 15.0. The second kappa shape index (κ2) is 8.09. The number of ether oxygens (including phenoxy) is 1. The van der Waals surface area contributed by atoms with Crippen molar-refractivity contribution in [1.29, 1.82) is 0 Å². The summed E-state index contributed by atoms with van der Waals surface area (Å²) in [5.41, 5.74) is 2.25. The third kappa shape index (κ3) is 4.36. The van der Waals surface area contributed by atoms with Crippen molar-refractivity contribution in [3.63, 3.8) is 0 Å². The summed E-state index contributed by atoms with van der Waals surface area (Å²) in [6, 6.07) is 10.2. The van der Waals surface area contributed by atoms with Crippen LogP contribution in [0.25, 0.3) is 21.1 Å². The number of primary sulfonamides is 1. The number of rotatable bonds is 5. The number of hydrogen-bond donors (Lipinski definition) is 2. The van der Waals surface area contributed by atoms with Gasteiger partial charge in [-0.2, -0.15) is 0 Å². The molecular formula is C20H20N6O3S2. The van der Waals surface area contributed by atoms with Gasteiger partial charge in [-0.1, -0.05) is 6.07 Å². The summed E-state index contributed by atoms with van der Waals surface area (Å²) in [6.07, 6.45) is 1.75. The van der Waals surface area contributed by atoms with Gasteiger partial charge in [0.15, 0.2) is 0 Å². The van der Waals surface area contributed by atoms with Crippen LogP contribution in [0, 0.1) is 0 Å². The molecule has 0 amide bonds. The van der Waals surface area contributed by atoms with Crippen LogP contribution < -0.4 is 10.5 Å².